The Bertz CT molecular complexity index is 2800. The molecule has 1 aliphatic rings. The molecule has 0 N–H and O–H groups in total. The highest BCUT2D eigenvalue weighted by Crippen LogP contribution is 2.47. The van der Waals surface area contributed by atoms with E-state index >= 15 is 0 Å². The van der Waals surface area contributed by atoms with Gasteiger partial charge in [0.1, 0.15) is 8.07 Å². The number of rotatable bonds is 4. The van der Waals surface area contributed by atoms with Gasteiger partial charge < -0.3 is 0 Å². The van der Waals surface area contributed by atoms with Crippen molar-refractivity contribution in [3.63, 3.8) is 0 Å². The third kappa shape index (κ3) is 4.66. The zero-order chi connectivity index (χ0) is 34.1. The van der Waals surface area contributed by atoms with E-state index in [9.17, 15) is 0 Å². The first-order chi connectivity index (χ1) is 25.1. The van der Waals surface area contributed by atoms with Crippen LogP contribution in [0.15, 0.2) is 182 Å². The molecule has 0 nitrogen and oxygen atoms in total. The third-order valence-electron chi connectivity index (χ3n) is 11.2. The summed E-state index contributed by atoms with van der Waals surface area (Å²) in [5, 5.41) is 10.8. The zero-order valence-corrected chi connectivity index (χ0v) is 29.8. The maximum atomic E-state index is 2.59. The van der Waals surface area contributed by atoms with Gasteiger partial charge in [-0.2, -0.15) is 0 Å². The molecule has 1 aliphatic heterocycles. The fourth-order valence-electron chi connectivity index (χ4n) is 8.78. The molecule has 10 rings (SSSR count). The van der Waals surface area contributed by atoms with Crippen LogP contribution in [0.3, 0.4) is 0 Å². The first-order valence-electron chi connectivity index (χ1n) is 17.9. The topological polar surface area (TPSA) is 0 Å². The predicted molar refractivity (Wildman–Crippen MR) is 223 cm³/mol. The summed E-state index contributed by atoms with van der Waals surface area (Å²) in [5.41, 5.74) is 12.9. The van der Waals surface area contributed by atoms with Crippen LogP contribution in [0.1, 0.15) is 0 Å². The molecule has 0 bridgehead atoms. The second-order valence-corrected chi connectivity index (χ2v) is 18.8. The quantitative estimate of drug-likeness (QED) is 0.130. The molecule has 240 valence electrons. The summed E-state index contributed by atoms with van der Waals surface area (Å²) in [4.78, 5) is 0. The second kappa shape index (κ2) is 11.5. The molecule has 51 heavy (non-hydrogen) atoms. The fourth-order valence-corrected chi connectivity index (χ4v) is 11.9. The summed E-state index contributed by atoms with van der Waals surface area (Å²) >= 11 is 0. The second-order valence-electron chi connectivity index (χ2n) is 14.5. The average Bonchev–Trinajstić information content (AvgIpc) is 3.41. The van der Waals surface area contributed by atoms with Gasteiger partial charge >= 0.3 is 0 Å². The normalized spacial score (nSPS) is 13.1. The maximum absolute atomic E-state index is 2.59. The molecular formula is C50H36Si. The molecule has 0 saturated heterocycles. The van der Waals surface area contributed by atoms with Crippen LogP contribution in [0.4, 0.5) is 0 Å². The van der Waals surface area contributed by atoms with Crippen LogP contribution in [0, 0.1) is 0 Å². The van der Waals surface area contributed by atoms with Gasteiger partial charge in [0.25, 0.3) is 0 Å². The Labute approximate surface area is 300 Å². The molecule has 0 aliphatic carbocycles. The van der Waals surface area contributed by atoms with Crippen molar-refractivity contribution in [3.8, 4) is 55.6 Å². The molecule has 9 aromatic carbocycles. The van der Waals surface area contributed by atoms with E-state index in [1.165, 1.54) is 98.3 Å². The predicted octanol–water partition coefficient (Wildman–Crippen LogP) is 12.6. The number of hydrogen-bond acceptors (Lipinski definition) is 0. The molecule has 0 amide bonds. The third-order valence-corrected chi connectivity index (χ3v) is 14.8. The van der Waals surface area contributed by atoms with Crippen molar-refractivity contribution >= 4 is 50.8 Å². The maximum Gasteiger partial charge on any atom is 0.113 e. The van der Waals surface area contributed by atoms with E-state index < -0.39 is 8.07 Å². The highest BCUT2D eigenvalue weighted by molar-refractivity contribution is 7.04. The van der Waals surface area contributed by atoms with Crippen molar-refractivity contribution < 1.29 is 0 Å². The van der Waals surface area contributed by atoms with Gasteiger partial charge in [0.05, 0.1) is 0 Å². The van der Waals surface area contributed by atoms with Gasteiger partial charge in [-0.25, -0.2) is 0 Å². The van der Waals surface area contributed by atoms with Crippen LogP contribution in [-0.4, -0.2) is 8.07 Å². The van der Waals surface area contributed by atoms with Gasteiger partial charge in [-0.05, 0) is 117 Å². The molecule has 0 fully saturated rings. The zero-order valence-electron chi connectivity index (χ0n) is 28.8. The summed E-state index contributed by atoms with van der Waals surface area (Å²) in [6, 6.07) is 67.9. The van der Waals surface area contributed by atoms with E-state index in [0.717, 1.165) is 0 Å². The van der Waals surface area contributed by atoms with E-state index in [1.807, 2.05) is 0 Å². The van der Waals surface area contributed by atoms with E-state index in [-0.39, 0.29) is 0 Å². The first-order valence-corrected chi connectivity index (χ1v) is 20.9. The Morgan fingerprint density at radius 2 is 0.882 bits per heavy atom. The Morgan fingerprint density at radius 1 is 0.294 bits per heavy atom. The molecule has 0 aromatic heterocycles. The smallest absolute Gasteiger partial charge is 0.0623 e. The van der Waals surface area contributed by atoms with E-state index in [1.54, 1.807) is 0 Å². The highest BCUT2D eigenvalue weighted by atomic mass is 28.3. The summed E-state index contributed by atoms with van der Waals surface area (Å²) in [7, 11) is -1.93. The van der Waals surface area contributed by atoms with Gasteiger partial charge in [-0.3, -0.25) is 0 Å². The minimum absolute atomic E-state index is 1.23. The molecule has 1 heterocycles. The van der Waals surface area contributed by atoms with E-state index in [4.69, 9.17) is 0 Å². The van der Waals surface area contributed by atoms with Crippen LogP contribution in [0.5, 0.6) is 0 Å². The molecule has 0 spiro atoms. The van der Waals surface area contributed by atoms with Crippen molar-refractivity contribution in [2.75, 3.05) is 0 Å². The molecule has 0 saturated carbocycles. The Kier molecular flexibility index (Phi) is 6.74. The minimum atomic E-state index is -1.93. The molecule has 0 unspecified atom stereocenters. The lowest BCUT2D eigenvalue weighted by molar-refractivity contribution is 1.62. The highest BCUT2D eigenvalue weighted by Gasteiger charge is 2.38. The molecule has 9 aromatic rings. The fraction of sp³-hybridized carbons (Fsp3) is 0.0400. The summed E-state index contributed by atoms with van der Waals surface area (Å²) < 4.78 is 0. The molecule has 0 radical (unpaired) electrons. The monoisotopic (exact) mass is 664 g/mol. The van der Waals surface area contributed by atoms with Crippen molar-refractivity contribution in [3.05, 3.63) is 182 Å². The lowest BCUT2D eigenvalue weighted by atomic mass is 9.83. The lowest BCUT2D eigenvalue weighted by Crippen LogP contribution is -2.49. The van der Waals surface area contributed by atoms with Crippen LogP contribution in [-0.2, 0) is 0 Å². The van der Waals surface area contributed by atoms with E-state index in [2.05, 4.69) is 195 Å². The summed E-state index contributed by atoms with van der Waals surface area (Å²) in [5.74, 6) is 0. The van der Waals surface area contributed by atoms with Gasteiger partial charge in [-0.1, -0.05) is 177 Å². The Hall–Kier alpha value is -6.02. The Balaban J connectivity index is 1.35. The van der Waals surface area contributed by atoms with Gasteiger partial charge in [0.15, 0.2) is 0 Å². The molecule has 0 atom stereocenters. The number of benzene rings is 9. The van der Waals surface area contributed by atoms with Gasteiger partial charge in [0, 0.05) is 0 Å². The van der Waals surface area contributed by atoms with Crippen LogP contribution < -0.4 is 10.4 Å². The van der Waals surface area contributed by atoms with Crippen molar-refractivity contribution in [1.82, 2.24) is 0 Å². The number of fused-ring (bicyclic) bond motifs is 6. The summed E-state index contributed by atoms with van der Waals surface area (Å²) in [6.45, 7) is 5.05. The van der Waals surface area contributed by atoms with Crippen molar-refractivity contribution in [2.24, 2.45) is 0 Å². The summed E-state index contributed by atoms with van der Waals surface area (Å²) in [6.07, 6.45) is 0. The Morgan fingerprint density at radius 3 is 1.73 bits per heavy atom. The standard InChI is InChI=1S/C50H36Si/c1-51(2)47-26-12-11-24-41(47)43-31-45-46(32-48(43)51)49(35-18-7-4-8-19-35)44-30-36(33-15-5-3-6-16-33)27-28-42(44)50(45)38-22-13-21-37(29-38)40-25-14-20-34-17-9-10-23-39(34)40/h3-32H,1-2H3. The van der Waals surface area contributed by atoms with Crippen molar-refractivity contribution in [2.45, 2.75) is 13.1 Å². The van der Waals surface area contributed by atoms with Gasteiger partial charge in [0.2, 0.25) is 0 Å². The average molecular weight is 665 g/mol. The minimum Gasteiger partial charge on any atom is -0.0623 e. The van der Waals surface area contributed by atoms with Crippen molar-refractivity contribution in [1.29, 1.82) is 0 Å². The molecular weight excluding hydrogens is 629 g/mol. The SMILES string of the molecule is C[Si]1(C)c2ccccc2-c2cc3c(-c4cccc(-c5cccc6ccccc56)c4)c4ccc(-c5ccccc5)cc4c(-c4ccccc4)c3cc21. The van der Waals surface area contributed by atoms with Crippen LogP contribution in [0.2, 0.25) is 13.1 Å². The van der Waals surface area contributed by atoms with Crippen LogP contribution in [0.25, 0.3) is 88.0 Å². The van der Waals surface area contributed by atoms with E-state index in [0.29, 0.717) is 0 Å². The van der Waals surface area contributed by atoms with Crippen LogP contribution >= 0.6 is 0 Å². The first kappa shape index (κ1) is 29.9. The largest absolute Gasteiger partial charge is 0.113 e. The molecule has 1 heteroatoms. The van der Waals surface area contributed by atoms with Gasteiger partial charge in [-0.15, -0.1) is 0 Å². The number of hydrogen-bond donors (Lipinski definition) is 0. The lowest BCUT2D eigenvalue weighted by Gasteiger charge is -2.23.